The third-order valence-electron chi connectivity index (χ3n) is 2.04. The fraction of sp³-hybridized carbons (Fsp3) is 0.308. The van der Waals surface area contributed by atoms with E-state index < -0.39 is 0 Å². The van der Waals surface area contributed by atoms with Gasteiger partial charge in [-0.1, -0.05) is 32.1 Å². The van der Waals surface area contributed by atoms with Crippen molar-refractivity contribution in [2.75, 3.05) is 0 Å². The molecule has 3 nitrogen and oxygen atoms in total. The van der Waals surface area contributed by atoms with E-state index in [1.54, 1.807) is 18.3 Å². The Morgan fingerprint density at radius 1 is 1.47 bits per heavy atom. The van der Waals surface area contributed by atoms with E-state index in [0.717, 1.165) is 5.56 Å². The quantitative estimate of drug-likeness (QED) is 0.829. The molecule has 1 aromatic rings. The van der Waals surface area contributed by atoms with Crippen molar-refractivity contribution in [1.82, 2.24) is 10.6 Å². The summed E-state index contributed by atoms with van der Waals surface area (Å²) in [5.74, 6) is 0.0860. The van der Waals surface area contributed by atoms with E-state index in [9.17, 15) is 9.18 Å². The highest BCUT2D eigenvalue weighted by Crippen LogP contribution is 2.02. The number of hydrogen-bond acceptors (Lipinski definition) is 1. The predicted octanol–water partition coefficient (Wildman–Crippen LogP) is 2.79. The predicted molar refractivity (Wildman–Crippen MR) is 65.7 cm³/mol. The van der Waals surface area contributed by atoms with Crippen molar-refractivity contribution in [2.24, 2.45) is 5.92 Å². The Kier molecular flexibility index (Phi) is 5.20. The van der Waals surface area contributed by atoms with Crippen LogP contribution in [0.5, 0.6) is 0 Å². The normalized spacial score (nSPS) is 10.8. The van der Waals surface area contributed by atoms with Crippen LogP contribution in [0.3, 0.4) is 0 Å². The van der Waals surface area contributed by atoms with Crippen molar-refractivity contribution >= 4 is 6.03 Å². The average Bonchev–Trinajstić information content (AvgIpc) is 2.26. The Balaban J connectivity index is 2.33. The van der Waals surface area contributed by atoms with E-state index in [0.29, 0.717) is 12.5 Å². The standard InChI is InChI=1S/C13H17FN2O/c1-10(2)6-7-15-13(17)16-9-11-4-3-5-12(14)8-11/h3-8,10H,9H2,1-2H3,(H2,15,16,17)/b7-6+. The summed E-state index contributed by atoms with van der Waals surface area (Å²) in [6.07, 6.45) is 3.48. The van der Waals surface area contributed by atoms with Crippen molar-refractivity contribution in [3.05, 3.63) is 47.9 Å². The zero-order valence-electron chi connectivity index (χ0n) is 10.0. The molecular weight excluding hydrogens is 219 g/mol. The molecule has 0 aliphatic heterocycles. The van der Waals surface area contributed by atoms with Gasteiger partial charge in [-0.15, -0.1) is 0 Å². The molecule has 92 valence electrons. The fourth-order valence-electron chi connectivity index (χ4n) is 1.20. The Morgan fingerprint density at radius 3 is 2.88 bits per heavy atom. The molecular formula is C13H17FN2O. The lowest BCUT2D eigenvalue weighted by molar-refractivity contribution is 0.243. The molecule has 0 aliphatic rings. The first-order chi connectivity index (χ1) is 8.08. The number of hydrogen-bond donors (Lipinski definition) is 2. The summed E-state index contributed by atoms with van der Waals surface area (Å²) in [5.41, 5.74) is 0.730. The Labute approximate surface area is 101 Å². The Hall–Kier alpha value is -1.84. The number of allylic oxidation sites excluding steroid dienone is 1. The number of urea groups is 1. The second-order valence-electron chi connectivity index (χ2n) is 4.06. The van der Waals surface area contributed by atoms with Crippen molar-refractivity contribution in [1.29, 1.82) is 0 Å². The summed E-state index contributed by atoms with van der Waals surface area (Å²) >= 11 is 0. The third-order valence-corrected chi connectivity index (χ3v) is 2.04. The maximum atomic E-state index is 12.8. The number of nitrogens with one attached hydrogen (secondary N) is 2. The van der Waals surface area contributed by atoms with Crippen LogP contribution in [0.2, 0.25) is 0 Å². The maximum Gasteiger partial charge on any atom is 0.319 e. The molecule has 0 unspecified atom stereocenters. The van der Waals surface area contributed by atoms with Gasteiger partial charge in [0.25, 0.3) is 0 Å². The lowest BCUT2D eigenvalue weighted by atomic mass is 10.2. The molecule has 0 spiro atoms. The summed E-state index contributed by atoms with van der Waals surface area (Å²) in [7, 11) is 0. The minimum Gasteiger partial charge on any atom is -0.334 e. The van der Waals surface area contributed by atoms with Crippen LogP contribution in [0.1, 0.15) is 19.4 Å². The monoisotopic (exact) mass is 236 g/mol. The second kappa shape index (κ2) is 6.68. The maximum absolute atomic E-state index is 12.8. The molecule has 1 aromatic carbocycles. The number of benzene rings is 1. The van der Waals surface area contributed by atoms with Crippen molar-refractivity contribution in [3.8, 4) is 0 Å². The Bertz CT molecular complexity index is 402. The van der Waals surface area contributed by atoms with Crippen LogP contribution in [0.4, 0.5) is 9.18 Å². The van der Waals surface area contributed by atoms with Gasteiger partial charge in [-0.05, 0) is 23.6 Å². The van der Waals surface area contributed by atoms with Crippen LogP contribution in [0.25, 0.3) is 0 Å². The van der Waals surface area contributed by atoms with Gasteiger partial charge in [0.2, 0.25) is 0 Å². The first-order valence-electron chi connectivity index (χ1n) is 5.53. The highest BCUT2D eigenvalue weighted by molar-refractivity contribution is 5.74. The SMILES string of the molecule is CC(C)/C=C/NC(=O)NCc1cccc(F)c1. The molecule has 0 saturated heterocycles. The zero-order valence-corrected chi connectivity index (χ0v) is 10.0. The van der Waals surface area contributed by atoms with Gasteiger partial charge in [0.1, 0.15) is 5.82 Å². The average molecular weight is 236 g/mol. The van der Waals surface area contributed by atoms with Crippen LogP contribution >= 0.6 is 0 Å². The topological polar surface area (TPSA) is 41.1 Å². The lowest BCUT2D eigenvalue weighted by Crippen LogP contribution is -2.31. The van der Waals surface area contributed by atoms with Crippen molar-refractivity contribution in [2.45, 2.75) is 20.4 Å². The minimum absolute atomic E-state index is 0.300. The van der Waals surface area contributed by atoms with Crippen LogP contribution in [-0.2, 0) is 6.54 Å². The number of carbonyl (C=O) groups excluding carboxylic acids is 1. The van der Waals surface area contributed by atoms with Crippen LogP contribution in [-0.4, -0.2) is 6.03 Å². The molecule has 4 heteroatoms. The Morgan fingerprint density at radius 2 is 2.24 bits per heavy atom. The van der Waals surface area contributed by atoms with Gasteiger partial charge < -0.3 is 10.6 Å². The first-order valence-corrected chi connectivity index (χ1v) is 5.53. The van der Waals surface area contributed by atoms with E-state index in [-0.39, 0.29) is 11.8 Å². The molecule has 0 atom stereocenters. The van der Waals surface area contributed by atoms with Crippen LogP contribution < -0.4 is 10.6 Å². The molecule has 17 heavy (non-hydrogen) atoms. The number of amides is 2. The molecule has 2 amide bonds. The molecule has 0 saturated carbocycles. The number of halogens is 1. The van der Waals surface area contributed by atoms with E-state index in [2.05, 4.69) is 10.6 Å². The largest absolute Gasteiger partial charge is 0.334 e. The van der Waals surface area contributed by atoms with Crippen LogP contribution in [0, 0.1) is 11.7 Å². The van der Waals surface area contributed by atoms with Crippen molar-refractivity contribution in [3.63, 3.8) is 0 Å². The van der Waals surface area contributed by atoms with Gasteiger partial charge in [-0.2, -0.15) is 0 Å². The molecule has 0 aliphatic carbocycles. The number of carbonyl (C=O) groups is 1. The molecule has 0 heterocycles. The summed E-state index contributed by atoms with van der Waals surface area (Å²) in [5, 5.41) is 5.21. The van der Waals surface area contributed by atoms with Gasteiger partial charge >= 0.3 is 6.03 Å². The molecule has 2 N–H and O–H groups in total. The molecule has 0 fully saturated rings. The molecule has 1 rings (SSSR count). The molecule has 0 bridgehead atoms. The van der Waals surface area contributed by atoms with E-state index in [1.807, 2.05) is 19.9 Å². The minimum atomic E-state index is -0.301. The van der Waals surface area contributed by atoms with Crippen molar-refractivity contribution < 1.29 is 9.18 Å². The van der Waals surface area contributed by atoms with E-state index in [1.165, 1.54) is 12.1 Å². The fourth-order valence-corrected chi connectivity index (χ4v) is 1.20. The number of rotatable bonds is 4. The second-order valence-corrected chi connectivity index (χ2v) is 4.06. The lowest BCUT2D eigenvalue weighted by Gasteiger charge is -2.05. The van der Waals surface area contributed by atoms with Gasteiger partial charge in [-0.25, -0.2) is 9.18 Å². The third kappa shape index (κ3) is 5.70. The van der Waals surface area contributed by atoms with Gasteiger partial charge in [-0.3, -0.25) is 0 Å². The highest BCUT2D eigenvalue weighted by atomic mass is 19.1. The van der Waals surface area contributed by atoms with E-state index in [4.69, 9.17) is 0 Å². The summed E-state index contributed by atoms with van der Waals surface area (Å²) in [4.78, 5) is 11.3. The summed E-state index contributed by atoms with van der Waals surface area (Å²) in [6.45, 7) is 4.34. The van der Waals surface area contributed by atoms with Gasteiger partial charge in [0.05, 0.1) is 0 Å². The molecule has 0 radical (unpaired) electrons. The summed E-state index contributed by atoms with van der Waals surface area (Å²) in [6, 6.07) is 5.83. The molecule has 0 aromatic heterocycles. The highest BCUT2D eigenvalue weighted by Gasteiger charge is 1.98. The summed E-state index contributed by atoms with van der Waals surface area (Å²) < 4.78 is 12.8. The zero-order chi connectivity index (χ0) is 12.7. The first kappa shape index (κ1) is 13.2. The van der Waals surface area contributed by atoms with Gasteiger partial charge in [0, 0.05) is 12.7 Å². The smallest absolute Gasteiger partial charge is 0.319 e. The van der Waals surface area contributed by atoms with Gasteiger partial charge in [0.15, 0.2) is 0 Å². The van der Waals surface area contributed by atoms with E-state index >= 15 is 0 Å². The van der Waals surface area contributed by atoms with Crippen LogP contribution in [0.15, 0.2) is 36.5 Å².